The number of furan rings is 1. The number of hydrogen-bond acceptors (Lipinski definition) is 5. The van der Waals surface area contributed by atoms with Crippen LogP contribution < -0.4 is 5.32 Å². The van der Waals surface area contributed by atoms with Gasteiger partial charge in [0.1, 0.15) is 17.6 Å². The van der Waals surface area contributed by atoms with Crippen molar-refractivity contribution in [2.24, 2.45) is 0 Å². The van der Waals surface area contributed by atoms with Crippen molar-refractivity contribution in [1.82, 2.24) is 15.1 Å². The molecule has 0 spiro atoms. The van der Waals surface area contributed by atoms with Crippen LogP contribution >= 0.6 is 12.4 Å². The third-order valence-electron chi connectivity index (χ3n) is 4.35. The Morgan fingerprint density at radius 1 is 1.17 bits per heavy atom. The van der Waals surface area contributed by atoms with Gasteiger partial charge in [-0.2, -0.15) is 0 Å². The fourth-order valence-corrected chi connectivity index (χ4v) is 3.07. The van der Waals surface area contributed by atoms with E-state index < -0.39 is 6.10 Å². The number of aryl methyl sites for hydroxylation is 2. The maximum atomic E-state index is 12.5. The van der Waals surface area contributed by atoms with E-state index in [-0.39, 0.29) is 24.2 Å². The van der Waals surface area contributed by atoms with Gasteiger partial charge in [0.25, 0.3) is 11.8 Å². The van der Waals surface area contributed by atoms with Gasteiger partial charge in [0.2, 0.25) is 0 Å². The van der Waals surface area contributed by atoms with Gasteiger partial charge in [-0.3, -0.25) is 9.59 Å². The number of halogens is 1. The van der Waals surface area contributed by atoms with Crippen LogP contribution in [0.25, 0.3) is 0 Å². The van der Waals surface area contributed by atoms with E-state index in [9.17, 15) is 9.59 Å². The smallest absolute Gasteiger partial charge is 0.257 e. The van der Waals surface area contributed by atoms with Gasteiger partial charge >= 0.3 is 0 Å². The Morgan fingerprint density at radius 2 is 1.83 bits per heavy atom. The molecule has 2 saturated heterocycles. The van der Waals surface area contributed by atoms with Gasteiger partial charge in [0.05, 0.1) is 12.2 Å². The minimum atomic E-state index is -0.398. The summed E-state index contributed by atoms with van der Waals surface area (Å²) in [5.41, 5.74) is 0.613. The summed E-state index contributed by atoms with van der Waals surface area (Å²) in [6.45, 7) is 7.70. The van der Waals surface area contributed by atoms with Crippen molar-refractivity contribution >= 4 is 24.2 Å². The van der Waals surface area contributed by atoms with Crippen molar-refractivity contribution in [3.8, 4) is 0 Å². The maximum Gasteiger partial charge on any atom is 0.257 e. The number of nitrogens with one attached hydrogen (secondary N) is 1. The predicted molar refractivity (Wildman–Crippen MR) is 90.5 cm³/mol. The molecule has 0 saturated carbocycles. The molecule has 0 radical (unpaired) electrons. The molecule has 1 aromatic heterocycles. The molecular formula is C16H24ClN3O4. The van der Waals surface area contributed by atoms with Crippen molar-refractivity contribution in [1.29, 1.82) is 0 Å². The molecule has 8 heteroatoms. The monoisotopic (exact) mass is 357 g/mol. The molecule has 2 amide bonds. The number of carbonyl (C=O) groups excluding carboxylic acids is 2. The van der Waals surface area contributed by atoms with Crippen LogP contribution in [0.1, 0.15) is 21.9 Å². The summed E-state index contributed by atoms with van der Waals surface area (Å²) >= 11 is 0. The van der Waals surface area contributed by atoms with Crippen molar-refractivity contribution in [2.45, 2.75) is 20.0 Å². The molecule has 134 valence electrons. The van der Waals surface area contributed by atoms with Crippen LogP contribution in [-0.2, 0) is 9.53 Å². The van der Waals surface area contributed by atoms with Crippen molar-refractivity contribution in [3.63, 3.8) is 0 Å². The van der Waals surface area contributed by atoms with Gasteiger partial charge in [0, 0.05) is 39.3 Å². The Morgan fingerprint density at radius 3 is 2.38 bits per heavy atom. The Kier molecular flexibility index (Phi) is 6.26. The molecule has 0 bridgehead atoms. The van der Waals surface area contributed by atoms with Gasteiger partial charge in [-0.05, 0) is 19.9 Å². The number of piperazine rings is 1. The molecule has 1 aromatic rings. The standard InChI is InChI=1S/C16H23N3O4.ClH/c1-11-9-13(12(2)23-11)15(20)18-4-6-19(7-5-18)16(21)14-10-17-3-8-22-14;/h9,14,17H,3-8,10H2,1-2H3;1H. The van der Waals surface area contributed by atoms with E-state index in [2.05, 4.69) is 5.32 Å². The molecule has 2 fully saturated rings. The predicted octanol–water partition coefficient (Wildman–Crippen LogP) is 0.591. The number of nitrogens with zero attached hydrogens (tertiary/aromatic N) is 2. The number of carbonyl (C=O) groups is 2. The molecule has 3 rings (SSSR count). The molecular weight excluding hydrogens is 334 g/mol. The normalized spacial score (nSPS) is 21.3. The topological polar surface area (TPSA) is 75.0 Å². The molecule has 0 aromatic carbocycles. The van der Waals surface area contributed by atoms with Gasteiger partial charge in [-0.25, -0.2) is 0 Å². The van der Waals surface area contributed by atoms with Crippen molar-refractivity contribution < 1.29 is 18.7 Å². The Labute approximate surface area is 147 Å². The Hall–Kier alpha value is -1.57. The average Bonchev–Trinajstić information content (AvgIpc) is 2.93. The summed E-state index contributed by atoms with van der Waals surface area (Å²) in [4.78, 5) is 28.5. The van der Waals surface area contributed by atoms with E-state index in [1.807, 2.05) is 6.92 Å². The third-order valence-corrected chi connectivity index (χ3v) is 4.35. The molecule has 3 heterocycles. The molecule has 2 aliphatic heterocycles. The lowest BCUT2D eigenvalue weighted by molar-refractivity contribution is -0.146. The second kappa shape index (κ2) is 8.00. The van der Waals surface area contributed by atoms with Crippen LogP contribution in [0.2, 0.25) is 0 Å². The Balaban J connectivity index is 0.00000208. The maximum absolute atomic E-state index is 12.5. The van der Waals surface area contributed by atoms with Crippen LogP contribution in [-0.4, -0.2) is 73.6 Å². The van der Waals surface area contributed by atoms with E-state index in [1.54, 1.807) is 22.8 Å². The van der Waals surface area contributed by atoms with Gasteiger partial charge < -0.3 is 24.3 Å². The van der Waals surface area contributed by atoms with Crippen molar-refractivity contribution in [3.05, 3.63) is 23.2 Å². The molecule has 24 heavy (non-hydrogen) atoms. The van der Waals surface area contributed by atoms with E-state index >= 15 is 0 Å². The first-order chi connectivity index (χ1) is 11.1. The lowest BCUT2D eigenvalue weighted by Gasteiger charge is -2.37. The number of amides is 2. The summed E-state index contributed by atoms with van der Waals surface area (Å²) in [7, 11) is 0. The first kappa shape index (κ1) is 18.8. The summed E-state index contributed by atoms with van der Waals surface area (Å²) in [6, 6.07) is 1.77. The first-order valence-corrected chi connectivity index (χ1v) is 8.03. The summed E-state index contributed by atoms with van der Waals surface area (Å²) in [5, 5.41) is 3.16. The number of ether oxygens (including phenoxy) is 1. The van der Waals surface area contributed by atoms with Crippen LogP contribution in [0, 0.1) is 13.8 Å². The molecule has 1 N–H and O–H groups in total. The van der Waals surface area contributed by atoms with E-state index in [0.717, 1.165) is 12.3 Å². The quantitative estimate of drug-likeness (QED) is 0.838. The minimum absolute atomic E-state index is 0. The highest BCUT2D eigenvalue weighted by Gasteiger charge is 2.31. The number of hydrogen-bond donors (Lipinski definition) is 1. The van der Waals surface area contributed by atoms with E-state index in [1.165, 1.54) is 0 Å². The number of morpholine rings is 1. The lowest BCUT2D eigenvalue weighted by Crippen LogP contribution is -2.56. The fraction of sp³-hybridized carbons (Fsp3) is 0.625. The Bertz CT molecular complexity index is 590. The van der Waals surface area contributed by atoms with E-state index in [4.69, 9.17) is 9.15 Å². The van der Waals surface area contributed by atoms with Gasteiger partial charge in [0.15, 0.2) is 0 Å². The zero-order valence-corrected chi connectivity index (χ0v) is 14.9. The molecule has 1 atom stereocenters. The summed E-state index contributed by atoms with van der Waals surface area (Å²) in [5.74, 6) is 1.37. The number of rotatable bonds is 2. The average molecular weight is 358 g/mol. The van der Waals surface area contributed by atoms with Gasteiger partial charge in [-0.1, -0.05) is 0 Å². The van der Waals surface area contributed by atoms with Crippen LogP contribution in [0.4, 0.5) is 0 Å². The molecule has 0 aliphatic carbocycles. The first-order valence-electron chi connectivity index (χ1n) is 8.03. The summed E-state index contributed by atoms with van der Waals surface area (Å²) < 4.78 is 10.9. The molecule has 2 aliphatic rings. The van der Waals surface area contributed by atoms with Gasteiger partial charge in [-0.15, -0.1) is 12.4 Å². The minimum Gasteiger partial charge on any atom is -0.466 e. The zero-order valence-electron chi connectivity index (χ0n) is 14.0. The second-order valence-electron chi connectivity index (χ2n) is 6.01. The highest BCUT2D eigenvalue weighted by atomic mass is 35.5. The molecule has 1 unspecified atom stereocenters. The largest absolute Gasteiger partial charge is 0.466 e. The van der Waals surface area contributed by atoms with Crippen LogP contribution in [0.3, 0.4) is 0 Å². The van der Waals surface area contributed by atoms with Crippen LogP contribution in [0.5, 0.6) is 0 Å². The SMILES string of the molecule is Cc1cc(C(=O)N2CCN(C(=O)C3CNCCO3)CC2)c(C)o1.Cl. The third kappa shape index (κ3) is 3.91. The molecule has 7 nitrogen and oxygen atoms in total. The fourth-order valence-electron chi connectivity index (χ4n) is 3.07. The highest BCUT2D eigenvalue weighted by molar-refractivity contribution is 5.95. The van der Waals surface area contributed by atoms with Crippen LogP contribution in [0.15, 0.2) is 10.5 Å². The lowest BCUT2D eigenvalue weighted by atomic mass is 10.2. The summed E-state index contributed by atoms with van der Waals surface area (Å²) in [6.07, 6.45) is -0.398. The second-order valence-corrected chi connectivity index (χ2v) is 6.01. The highest BCUT2D eigenvalue weighted by Crippen LogP contribution is 2.17. The van der Waals surface area contributed by atoms with E-state index in [0.29, 0.717) is 50.7 Å². The van der Waals surface area contributed by atoms with Crippen molar-refractivity contribution in [2.75, 3.05) is 45.9 Å². The zero-order chi connectivity index (χ0) is 16.4.